The van der Waals surface area contributed by atoms with Crippen LogP contribution in [0.25, 0.3) is 0 Å². The zero-order valence-electron chi connectivity index (χ0n) is 8.66. The first-order chi connectivity index (χ1) is 6.99. The molecule has 0 rings (SSSR count). The predicted molar refractivity (Wildman–Crippen MR) is 57.2 cm³/mol. The van der Waals surface area contributed by atoms with Crippen LogP contribution in [0.1, 0.15) is 20.3 Å². The smallest absolute Gasteiger partial charge is 0.321 e. The van der Waals surface area contributed by atoms with E-state index in [0.29, 0.717) is 0 Å². The largest absolute Gasteiger partial charge is 0.463 e. The number of alkyl halides is 2. The number of carbonyl (C=O) groups is 2. The third-order valence-corrected chi connectivity index (χ3v) is 1.90. The Morgan fingerprint density at radius 2 is 1.73 bits per heavy atom. The molecule has 0 aliphatic heterocycles. The van der Waals surface area contributed by atoms with Crippen LogP contribution in [0.4, 0.5) is 0 Å². The molecule has 0 aliphatic rings. The van der Waals surface area contributed by atoms with E-state index in [2.05, 4.69) is 0 Å². The van der Waals surface area contributed by atoms with E-state index in [-0.39, 0.29) is 24.3 Å². The van der Waals surface area contributed by atoms with E-state index in [9.17, 15) is 9.59 Å². The van der Waals surface area contributed by atoms with Crippen molar-refractivity contribution in [3.63, 3.8) is 0 Å². The number of carbonyl (C=O) groups excluding carboxylic acids is 2. The minimum absolute atomic E-state index is 0.0375. The average molecular weight is 257 g/mol. The number of hydrogen-bond acceptors (Lipinski definition) is 4. The van der Waals surface area contributed by atoms with Crippen molar-refractivity contribution in [2.45, 2.75) is 32.5 Å². The predicted octanol–water partition coefficient (Wildman–Crippen LogP) is 1.72. The minimum Gasteiger partial charge on any atom is -0.463 e. The first-order valence-electron chi connectivity index (χ1n) is 4.50. The molecule has 1 unspecified atom stereocenters. The Hall–Kier alpha value is -0.480. The van der Waals surface area contributed by atoms with Gasteiger partial charge in [-0.25, -0.2) is 0 Å². The van der Waals surface area contributed by atoms with Gasteiger partial charge in [0.25, 0.3) is 0 Å². The Labute approximate surface area is 98.8 Å². The quantitative estimate of drug-likeness (QED) is 0.537. The van der Waals surface area contributed by atoms with Crippen molar-refractivity contribution < 1.29 is 19.1 Å². The SMILES string of the molecule is CC(C)OC(=O)CC(CCl)OC(=O)CCl. The molecule has 1 atom stereocenters. The van der Waals surface area contributed by atoms with Gasteiger partial charge in [0.2, 0.25) is 0 Å². The molecule has 0 saturated carbocycles. The highest BCUT2D eigenvalue weighted by molar-refractivity contribution is 6.26. The fraction of sp³-hybridized carbons (Fsp3) is 0.778. The lowest BCUT2D eigenvalue weighted by molar-refractivity contribution is -0.154. The highest BCUT2D eigenvalue weighted by Gasteiger charge is 2.18. The summed E-state index contributed by atoms with van der Waals surface area (Å²) in [5.41, 5.74) is 0. The van der Waals surface area contributed by atoms with Crippen molar-refractivity contribution in [2.75, 3.05) is 11.8 Å². The second kappa shape index (κ2) is 7.77. The van der Waals surface area contributed by atoms with Crippen LogP contribution in [-0.4, -0.2) is 35.9 Å². The van der Waals surface area contributed by atoms with Gasteiger partial charge in [-0.3, -0.25) is 9.59 Å². The number of hydrogen-bond donors (Lipinski definition) is 0. The molecular weight excluding hydrogens is 243 g/mol. The zero-order valence-corrected chi connectivity index (χ0v) is 10.2. The molecule has 0 bridgehead atoms. The van der Waals surface area contributed by atoms with Crippen LogP contribution in [0, 0.1) is 0 Å². The highest BCUT2D eigenvalue weighted by Crippen LogP contribution is 2.05. The van der Waals surface area contributed by atoms with Crippen LogP contribution < -0.4 is 0 Å². The Morgan fingerprint density at radius 3 is 2.13 bits per heavy atom. The van der Waals surface area contributed by atoms with Crippen molar-refractivity contribution in [2.24, 2.45) is 0 Å². The standard InChI is InChI=1S/C9H14Cl2O4/c1-6(2)14-8(12)3-7(4-10)15-9(13)5-11/h6-7H,3-5H2,1-2H3. The summed E-state index contributed by atoms with van der Waals surface area (Å²) in [5.74, 6) is -1.26. The lowest BCUT2D eigenvalue weighted by Gasteiger charge is -2.14. The number of esters is 2. The molecule has 0 aromatic rings. The normalized spacial score (nSPS) is 12.3. The molecule has 0 N–H and O–H groups in total. The molecule has 0 aromatic heterocycles. The van der Waals surface area contributed by atoms with Crippen molar-refractivity contribution in [1.82, 2.24) is 0 Å². The average Bonchev–Trinajstić information content (AvgIpc) is 2.15. The zero-order chi connectivity index (χ0) is 11.8. The molecular formula is C9H14Cl2O4. The fourth-order valence-corrected chi connectivity index (χ4v) is 1.08. The molecule has 6 heteroatoms. The van der Waals surface area contributed by atoms with Crippen LogP contribution in [-0.2, 0) is 19.1 Å². The van der Waals surface area contributed by atoms with E-state index in [0.717, 1.165) is 0 Å². The summed E-state index contributed by atoms with van der Waals surface area (Å²) in [7, 11) is 0. The van der Waals surface area contributed by atoms with E-state index < -0.39 is 18.0 Å². The van der Waals surface area contributed by atoms with Gasteiger partial charge in [0.05, 0.1) is 18.4 Å². The Balaban J connectivity index is 3.98. The maximum Gasteiger partial charge on any atom is 0.321 e. The molecule has 0 heterocycles. The van der Waals surface area contributed by atoms with Crippen molar-refractivity contribution >= 4 is 35.1 Å². The van der Waals surface area contributed by atoms with Gasteiger partial charge in [0.15, 0.2) is 0 Å². The van der Waals surface area contributed by atoms with Crippen LogP contribution in [0.2, 0.25) is 0 Å². The van der Waals surface area contributed by atoms with E-state index in [4.69, 9.17) is 32.7 Å². The summed E-state index contributed by atoms with van der Waals surface area (Å²) in [6, 6.07) is 0. The molecule has 0 aliphatic carbocycles. The molecule has 0 spiro atoms. The van der Waals surface area contributed by atoms with Crippen molar-refractivity contribution in [3.05, 3.63) is 0 Å². The van der Waals surface area contributed by atoms with Gasteiger partial charge in [0.1, 0.15) is 12.0 Å². The molecule has 0 amide bonds. The van der Waals surface area contributed by atoms with E-state index in [1.54, 1.807) is 13.8 Å². The fourth-order valence-electron chi connectivity index (χ4n) is 0.842. The lowest BCUT2D eigenvalue weighted by atomic mass is 10.3. The second-order valence-corrected chi connectivity index (χ2v) is 3.72. The number of ether oxygens (including phenoxy) is 2. The van der Waals surface area contributed by atoms with Crippen LogP contribution in [0.3, 0.4) is 0 Å². The molecule has 15 heavy (non-hydrogen) atoms. The molecule has 0 fully saturated rings. The van der Waals surface area contributed by atoms with Gasteiger partial charge < -0.3 is 9.47 Å². The third-order valence-electron chi connectivity index (χ3n) is 1.34. The summed E-state index contributed by atoms with van der Waals surface area (Å²) >= 11 is 10.8. The van der Waals surface area contributed by atoms with Gasteiger partial charge in [-0.2, -0.15) is 0 Å². The Morgan fingerprint density at radius 1 is 1.13 bits per heavy atom. The Kier molecular flexibility index (Phi) is 7.52. The third kappa shape index (κ3) is 7.45. The maximum absolute atomic E-state index is 11.2. The number of rotatable bonds is 6. The monoisotopic (exact) mass is 256 g/mol. The minimum atomic E-state index is -0.677. The van der Waals surface area contributed by atoms with E-state index in [1.165, 1.54) is 0 Å². The lowest BCUT2D eigenvalue weighted by Crippen LogP contribution is -2.25. The first-order valence-corrected chi connectivity index (χ1v) is 5.57. The van der Waals surface area contributed by atoms with Gasteiger partial charge in [0, 0.05) is 0 Å². The highest BCUT2D eigenvalue weighted by atomic mass is 35.5. The van der Waals surface area contributed by atoms with Gasteiger partial charge in [-0.05, 0) is 13.8 Å². The maximum atomic E-state index is 11.2. The molecule has 4 nitrogen and oxygen atoms in total. The second-order valence-electron chi connectivity index (χ2n) is 3.14. The molecule has 0 aromatic carbocycles. The first kappa shape index (κ1) is 14.5. The van der Waals surface area contributed by atoms with Crippen molar-refractivity contribution in [3.8, 4) is 0 Å². The van der Waals surface area contributed by atoms with Gasteiger partial charge in [-0.15, -0.1) is 23.2 Å². The summed E-state index contributed by atoms with van der Waals surface area (Å²) in [6.45, 7) is 3.47. The summed E-state index contributed by atoms with van der Waals surface area (Å²) < 4.78 is 9.67. The topological polar surface area (TPSA) is 52.6 Å². The van der Waals surface area contributed by atoms with E-state index >= 15 is 0 Å². The van der Waals surface area contributed by atoms with Crippen molar-refractivity contribution in [1.29, 1.82) is 0 Å². The van der Waals surface area contributed by atoms with Gasteiger partial charge >= 0.3 is 11.9 Å². The number of halogens is 2. The van der Waals surface area contributed by atoms with Gasteiger partial charge in [-0.1, -0.05) is 0 Å². The summed E-state index contributed by atoms with van der Waals surface area (Å²) in [5, 5.41) is 0. The summed E-state index contributed by atoms with van der Waals surface area (Å²) in [6.07, 6.45) is -0.925. The summed E-state index contributed by atoms with van der Waals surface area (Å²) in [4.78, 5) is 22.0. The van der Waals surface area contributed by atoms with Crippen LogP contribution in [0.5, 0.6) is 0 Å². The molecule has 88 valence electrons. The van der Waals surface area contributed by atoms with E-state index in [1.807, 2.05) is 0 Å². The van der Waals surface area contributed by atoms with Crippen LogP contribution >= 0.6 is 23.2 Å². The molecule has 0 saturated heterocycles. The Bertz CT molecular complexity index is 218. The molecule has 0 radical (unpaired) electrons. The van der Waals surface area contributed by atoms with Crippen LogP contribution in [0.15, 0.2) is 0 Å².